The summed E-state index contributed by atoms with van der Waals surface area (Å²) in [6, 6.07) is 4.14. The van der Waals surface area contributed by atoms with Crippen LogP contribution in [0, 0.1) is 10.1 Å². The van der Waals surface area contributed by atoms with Crippen molar-refractivity contribution in [3.8, 4) is 0 Å². The van der Waals surface area contributed by atoms with E-state index in [-0.39, 0.29) is 16.1 Å². The summed E-state index contributed by atoms with van der Waals surface area (Å²) < 4.78 is 5.10. The molecule has 2 aromatic rings. The summed E-state index contributed by atoms with van der Waals surface area (Å²) in [7, 11) is 0. The Morgan fingerprint density at radius 1 is 1.24 bits per heavy atom. The number of rotatable bonds is 1. The van der Waals surface area contributed by atoms with Gasteiger partial charge in [0, 0.05) is 22.2 Å². The average Bonchev–Trinajstić information content (AvgIpc) is 2.77. The highest BCUT2D eigenvalue weighted by atomic mass is 32.1. The number of carbonyl (C=O) groups excluding carboxylic acids is 2. The first kappa shape index (κ1) is 9.91. The molecule has 0 fully saturated rings. The van der Waals surface area contributed by atoms with Crippen molar-refractivity contribution < 1.29 is 19.2 Å². The minimum absolute atomic E-state index is 0.120. The van der Waals surface area contributed by atoms with E-state index in [0.717, 1.165) is 11.3 Å². The van der Waals surface area contributed by atoms with Crippen LogP contribution in [0.2, 0.25) is 0 Å². The van der Waals surface area contributed by atoms with Gasteiger partial charge in [0.25, 0.3) is 5.69 Å². The number of nitro benzene ring substituents is 1. The summed E-state index contributed by atoms with van der Waals surface area (Å²) in [5.74, 6) is -1.43. The largest absolute Gasteiger partial charge is 0.385 e. The molecule has 0 radical (unpaired) electrons. The van der Waals surface area contributed by atoms with Crippen molar-refractivity contribution >= 4 is 39.0 Å². The molecule has 0 atom stereocenters. The molecule has 1 aliphatic rings. The number of hydrogen-bond donors (Lipinski definition) is 0. The Kier molecular flexibility index (Phi) is 1.81. The van der Waals surface area contributed by atoms with Crippen molar-refractivity contribution in [2.45, 2.75) is 0 Å². The van der Waals surface area contributed by atoms with E-state index in [9.17, 15) is 19.7 Å². The first-order valence-electron chi connectivity index (χ1n) is 4.55. The quantitative estimate of drug-likeness (QED) is 0.334. The van der Waals surface area contributed by atoms with Crippen LogP contribution in [0.5, 0.6) is 0 Å². The van der Waals surface area contributed by atoms with Crippen molar-refractivity contribution in [3.05, 3.63) is 38.8 Å². The molecule has 84 valence electrons. The van der Waals surface area contributed by atoms with Gasteiger partial charge in [-0.25, -0.2) is 9.59 Å². The fraction of sp³-hybridized carbons (Fsp3) is 0. The molecule has 0 bridgehead atoms. The first-order chi connectivity index (χ1) is 8.08. The second kappa shape index (κ2) is 3.11. The summed E-state index contributed by atoms with van der Waals surface area (Å²) in [4.78, 5) is 33.0. The van der Waals surface area contributed by atoms with Crippen LogP contribution in [0.3, 0.4) is 0 Å². The highest BCUT2D eigenvalue weighted by Crippen LogP contribution is 2.37. The van der Waals surface area contributed by atoms with Gasteiger partial charge in [-0.3, -0.25) is 10.1 Å². The summed E-state index contributed by atoms with van der Waals surface area (Å²) >= 11 is 1.10. The average molecular weight is 249 g/mol. The van der Waals surface area contributed by atoms with Crippen LogP contribution < -0.4 is 0 Å². The number of carbonyl (C=O) groups is 2. The third-order valence-corrected chi connectivity index (χ3v) is 3.61. The van der Waals surface area contributed by atoms with Crippen LogP contribution in [-0.2, 0) is 4.74 Å². The predicted molar refractivity (Wildman–Crippen MR) is 58.2 cm³/mol. The number of nitrogens with zero attached hydrogens (tertiary/aromatic N) is 1. The lowest BCUT2D eigenvalue weighted by Crippen LogP contribution is -1.98. The van der Waals surface area contributed by atoms with Crippen LogP contribution in [-0.4, -0.2) is 16.9 Å². The second-order valence-electron chi connectivity index (χ2n) is 3.42. The minimum atomic E-state index is -0.739. The monoisotopic (exact) mass is 249 g/mol. The zero-order chi connectivity index (χ0) is 12.2. The van der Waals surface area contributed by atoms with Crippen LogP contribution in [0.15, 0.2) is 18.2 Å². The molecular formula is C10H3NO5S. The molecule has 6 nitrogen and oxygen atoms in total. The molecule has 7 heteroatoms. The Morgan fingerprint density at radius 3 is 2.71 bits per heavy atom. The van der Waals surface area contributed by atoms with Gasteiger partial charge in [0.05, 0.1) is 10.5 Å². The van der Waals surface area contributed by atoms with Gasteiger partial charge in [-0.2, -0.15) is 0 Å². The van der Waals surface area contributed by atoms with E-state index in [4.69, 9.17) is 0 Å². The molecule has 2 heterocycles. The van der Waals surface area contributed by atoms with Gasteiger partial charge < -0.3 is 4.74 Å². The molecule has 0 amide bonds. The molecule has 0 unspecified atom stereocenters. The number of nitro groups is 1. The Bertz CT molecular complexity index is 702. The van der Waals surface area contributed by atoms with Gasteiger partial charge in [0.15, 0.2) is 0 Å². The third-order valence-electron chi connectivity index (χ3n) is 2.46. The predicted octanol–water partition coefficient (Wildman–Crippen LogP) is 2.12. The molecule has 0 saturated carbocycles. The summed E-state index contributed by atoms with van der Waals surface area (Å²) in [5, 5.41) is 11.0. The zero-order valence-corrected chi connectivity index (χ0v) is 8.95. The smallest absolute Gasteiger partial charge is 0.357 e. The molecule has 1 aromatic heterocycles. The van der Waals surface area contributed by atoms with E-state index in [1.54, 1.807) is 0 Å². The lowest BCUT2D eigenvalue weighted by molar-refractivity contribution is -0.384. The molecule has 0 N–H and O–H groups in total. The first-order valence-corrected chi connectivity index (χ1v) is 5.37. The highest BCUT2D eigenvalue weighted by Gasteiger charge is 2.34. The summed E-state index contributed by atoms with van der Waals surface area (Å²) in [5.41, 5.74) is 0.0175. The topological polar surface area (TPSA) is 86.5 Å². The third kappa shape index (κ3) is 1.26. The molecule has 1 aliphatic heterocycles. The molecule has 0 aliphatic carbocycles. The van der Waals surface area contributed by atoms with Crippen molar-refractivity contribution in [1.29, 1.82) is 0 Å². The van der Waals surface area contributed by atoms with Gasteiger partial charge in [0.2, 0.25) is 0 Å². The number of non-ortho nitro benzene ring substituents is 1. The maximum absolute atomic E-state index is 11.4. The summed E-state index contributed by atoms with van der Waals surface area (Å²) in [6.45, 7) is 0. The molecule has 17 heavy (non-hydrogen) atoms. The molecular weight excluding hydrogens is 246 g/mol. The van der Waals surface area contributed by atoms with Crippen LogP contribution >= 0.6 is 11.3 Å². The Balaban J connectivity index is 2.37. The minimum Gasteiger partial charge on any atom is -0.385 e. The normalized spacial score (nSPS) is 13.9. The van der Waals surface area contributed by atoms with E-state index < -0.39 is 16.9 Å². The number of ether oxygens (including phenoxy) is 1. The highest BCUT2D eigenvalue weighted by molar-refractivity contribution is 7.21. The van der Waals surface area contributed by atoms with Gasteiger partial charge >= 0.3 is 11.9 Å². The number of esters is 2. The van der Waals surface area contributed by atoms with E-state index in [1.165, 1.54) is 18.2 Å². The molecule has 0 spiro atoms. The summed E-state index contributed by atoms with van der Waals surface area (Å²) in [6.07, 6.45) is 0. The Morgan fingerprint density at radius 2 is 2.00 bits per heavy atom. The van der Waals surface area contributed by atoms with E-state index in [2.05, 4.69) is 4.74 Å². The fourth-order valence-corrected chi connectivity index (χ4v) is 2.77. The van der Waals surface area contributed by atoms with Crippen molar-refractivity contribution in [2.75, 3.05) is 0 Å². The molecule has 0 saturated heterocycles. The van der Waals surface area contributed by atoms with Crippen LogP contribution in [0.4, 0.5) is 5.69 Å². The number of hydrogen-bond acceptors (Lipinski definition) is 6. The second-order valence-corrected chi connectivity index (χ2v) is 4.47. The number of fused-ring (bicyclic) bond motifs is 3. The van der Waals surface area contributed by atoms with Gasteiger partial charge in [0.1, 0.15) is 4.88 Å². The maximum Gasteiger partial charge on any atom is 0.357 e. The Hall–Kier alpha value is -2.28. The standard InChI is InChI=1S/C10H3NO5S/c12-9-7-5-3-4(11(14)15)1-2-6(5)17-8(7)10(13)16-9/h1-3H. The van der Waals surface area contributed by atoms with Crippen molar-refractivity contribution in [1.82, 2.24) is 0 Å². The number of benzene rings is 1. The van der Waals surface area contributed by atoms with Gasteiger partial charge in [-0.1, -0.05) is 0 Å². The number of thiophene rings is 1. The lowest BCUT2D eigenvalue weighted by atomic mass is 10.1. The lowest BCUT2D eigenvalue weighted by Gasteiger charge is -1.93. The van der Waals surface area contributed by atoms with Crippen molar-refractivity contribution in [2.24, 2.45) is 0 Å². The van der Waals surface area contributed by atoms with E-state index in [0.29, 0.717) is 10.1 Å². The van der Waals surface area contributed by atoms with E-state index >= 15 is 0 Å². The van der Waals surface area contributed by atoms with Crippen molar-refractivity contribution in [3.63, 3.8) is 0 Å². The van der Waals surface area contributed by atoms with Gasteiger partial charge in [-0.05, 0) is 6.07 Å². The fourth-order valence-electron chi connectivity index (χ4n) is 1.73. The van der Waals surface area contributed by atoms with Crippen LogP contribution in [0.1, 0.15) is 20.0 Å². The molecule has 1 aromatic carbocycles. The van der Waals surface area contributed by atoms with Crippen LogP contribution in [0.25, 0.3) is 10.1 Å². The van der Waals surface area contributed by atoms with Gasteiger partial charge in [-0.15, -0.1) is 11.3 Å². The van der Waals surface area contributed by atoms with E-state index in [1.807, 2.05) is 0 Å². The SMILES string of the molecule is O=C1OC(=O)c2c1sc1ccc([N+](=O)[O-])cc21. The zero-order valence-electron chi connectivity index (χ0n) is 8.13. The maximum atomic E-state index is 11.4. The number of cyclic esters (lactones) is 2. The Labute approximate surface area is 97.6 Å². The molecule has 3 rings (SSSR count).